The Morgan fingerprint density at radius 3 is 2.68 bits per heavy atom. The lowest BCUT2D eigenvalue weighted by Gasteiger charge is -2.32. The van der Waals surface area contributed by atoms with Crippen LogP contribution in [-0.4, -0.2) is 31.1 Å². The van der Waals surface area contributed by atoms with Gasteiger partial charge in [-0.25, -0.2) is 4.79 Å². The summed E-state index contributed by atoms with van der Waals surface area (Å²) in [6.07, 6.45) is 0.386. The molecule has 0 unspecified atom stereocenters. The standard InChI is InChI=1S/C14H17NO3.H3N/c1-18-14(17)12-10-15(8-7-13(12)16)9-11-5-3-2-4-6-11;/h2-6,16H,7-10H2,1H3;1H3. The normalized spacial score (nSPS) is 15.8. The van der Waals surface area contributed by atoms with E-state index in [0.29, 0.717) is 19.5 Å². The first-order valence-electron chi connectivity index (χ1n) is 5.94. The molecular weight excluding hydrogens is 244 g/mol. The van der Waals surface area contributed by atoms with Crippen LogP contribution in [0, 0.1) is 0 Å². The molecule has 0 fully saturated rings. The Morgan fingerprint density at radius 2 is 2.05 bits per heavy atom. The smallest absolute Gasteiger partial charge is 0.334 e. The molecule has 4 N–H and O–H groups in total. The van der Waals surface area contributed by atoms with E-state index in [2.05, 4.69) is 9.64 Å². The fraction of sp³-hybridized carbons (Fsp3) is 0.357. The molecule has 0 atom stereocenters. The highest BCUT2D eigenvalue weighted by Gasteiger charge is 2.20. The van der Waals surface area contributed by atoms with E-state index >= 15 is 0 Å². The van der Waals surface area contributed by atoms with Crippen LogP contribution >= 0.6 is 0 Å². The topological polar surface area (TPSA) is 89.1 Å². The van der Waals surface area contributed by atoms with Gasteiger partial charge in [0.1, 0.15) is 0 Å². The van der Waals surface area contributed by atoms with Crippen LogP contribution in [0.15, 0.2) is 41.7 Å². The third-order valence-electron chi connectivity index (χ3n) is 3.05. The summed E-state index contributed by atoms with van der Waals surface area (Å²) in [6.45, 7) is 1.81. The summed E-state index contributed by atoms with van der Waals surface area (Å²) in [5.41, 5.74) is 1.44. The Bertz CT molecular complexity index is 457. The van der Waals surface area contributed by atoms with Crippen LogP contribution in [0.3, 0.4) is 0 Å². The quantitative estimate of drug-likeness (QED) is 0.826. The van der Waals surface area contributed by atoms with Crippen LogP contribution in [0.1, 0.15) is 12.0 Å². The fourth-order valence-corrected chi connectivity index (χ4v) is 2.08. The number of carbonyl (C=O) groups is 1. The van der Waals surface area contributed by atoms with Crippen molar-refractivity contribution in [2.45, 2.75) is 13.0 Å². The van der Waals surface area contributed by atoms with Gasteiger partial charge in [0.2, 0.25) is 0 Å². The number of methoxy groups -OCH3 is 1. The van der Waals surface area contributed by atoms with Gasteiger partial charge in [-0.15, -0.1) is 5.76 Å². The van der Waals surface area contributed by atoms with E-state index in [0.717, 1.165) is 6.54 Å². The molecule has 0 radical (unpaired) electrons. The Labute approximate surface area is 113 Å². The first-order chi connectivity index (χ1) is 8.70. The van der Waals surface area contributed by atoms with Gasteiger partial charge in [-0.05, 0) is 12.0 Å². The van der Waals surface area contributed by atoms with Gasteiger partial charge in [0.05, 0.1) is 7.11 Å². The van der Waals surface area contributed by atoms with E-state index in [1.54, 1.807) is 0 Å². The molecule has 0 saturated carbocycles. The molecule has 1 aromatic rings. The molecule has 5 heteroatoms. The van der Waals surface area contributed by atoms with Crippen LogP contribution in [0.2, 0.25) is 0 Å². The average Bonchev–Trinajstić information content (AvgIpc) is 2.41. The molecule has 5 nitrogen and oxygen atoms in total. The molecule has 0 amide bonds. The van der Waals surface area contributed by atoms with E-state index in [4.69, 9.17) is 0 Å². The highest BCUT2D eigenvalue weighted by molar-refractivity contribution is 5.89. The first kappa shape index (κ1) is 15.2. The molecule has 1 aliphatic rings. The number of ether oxygens (including phenoxy) is 1. The molecule has 0 saturated heterocycles. The Balaban J connectivity index is 0.00000180. The Kier molecular flexibility index (Phi) is 5.54. The minimum Gasteiger partial charge on any atom is -0.875 e. The highest BCUT2D eigenvalue weighted by atomic mass is 16.5. The minimum absolute atomic E-state index is 0. The highest BCUT2D eigenvalue weighted by Crippen LogP contribution is 2.17. The first-order valence-corrected chi connectivity index (χ1v) is 5.94. The molecule has 0 aromatic heterocycles. The van der Waals surface area contributed by atoms with Gasteiger partial charge in [0.25, 0.3) is 0 Å². The molecule has 0 aliphatic carbocycles. The van der Waals surface area contributed by atoms with Crippen LogP contribution in [0.25, 0.3) is 0 Å². The van der Waals surface area contributed by atoms with Crippen LogP contribution in [0.4, 0.5) is 0 Å². The molecule has 19 heavy (non-hydrogen) atoms. The number of esters is 1. The van der Waals surface area contributed by atoms with Crippen molar-refractivity contribution in [3.63, 3.8) is 0 Å². The van der Waals surface area contributed by atoms with Crippen molar-refractivity contribution in [2.75, 3.05) is 20.2 Å². The van der Waals surface area contributed by atoms with Gasteiger partial charge < -0.3 is 16.0 Å². The molecule has 1 heterocycles. The predicted octanol–water partition coefficient (Wildman–Crippen LogP) is 1.06. The molecule has 2 rings (SSSR count). The fourth-order valence-electron chi connectivity index (χ4n) is 2.08. The third-order valence-corrected chi connectivity index (χ3v) is 3.05. The monoisotopic (exact) mass is 264 g/mol. The maximum Gasteiger partial charge on any atom is 0.334 e. The lowest BCUT2D eigenvalue weighted by molar-refractivity contribution is -0.310. The van der Waals surface area contributed by atoms with Crippen molar-refractivity contribution in [3.05, 3.63) is 47.2 Å². The molecular formula is C14H20N2O3. The Morgan fingerprint density at radius 1 is 1.37 bits per heavy atom. The Hall–Kier alpha value is -1.85. The molecule has 0 bridgehead atoms. The van der Waals surface area contributed by atoms with Gasteiger partial charge in [0, 0.05) is 25.2 Å². The van der Waals surface area contributed by atoms with E-state index in [-0.39, 0.29) is 17.5 Å². The largest absolute Gasteiger partial charge is 0.875 e. The van der Waals surface area contributed by atoms with Crippen LogP contribution in [0.5, 0.6) is 0 Å². The van der Waals surface area contributed by atoms with Crippen molar-refractivity contribution < 1.29 is 14.6 Å². The SMILES string of the molecule is COC(=O)C1=C([O-])CCN(Cc2ccccc2)C1.[NH4+]. The van der Waals surface area contributed by atoms with Crippen molar-refractivity contribution in [2.24, 2.45) is 0 Å². The number of benzene rings is 1. The van der Waals surface area contributed by atoms with Crippen molar-refractivity contribution in [1.82, 2.24) is 11.1 Å². The number of carbonyl (C=O) groups excluding carboxylic acids is 1. The molecule has 1 aliphatic heterocycles. The lowest BCUT2D eigenvalue weighted by Crippen LogP contribution is -2.36. The molecule has 104 valence electrons. The number of quaternary nitrogens is 1. The summed E-state index contributed by atoms with van der Waals surface area (Å²) in [5.74, 6) is -0.594. The van der Waals surface area contributed by atoms with Gasteiger partial charge >= 0.3 is 5.97 Å². The third kappa shape index (κ3) is 3.81. The minimum atomic E-state index is -0.502. The van der Waals surface area contributed by atoms with Crippen LogP contribution < -0.4 is 11.3 Å². The second-order valence-electron chi connectivity index (χ2n) is 4.34. The number of rotatable bonds is 3. The van der Waals surface area contributed by atoms with Crippen LogP contribution in [-0.2, 0) is 16.1 Å². The summed E-state index contributed by atoms with van der Waals surface area (Å²) < 4.78 is 4.64. The maximum atomic E-state index is 11.6. The van der Waals surface area contributed by atoms with Crippen molar-refractivity contribution in [1.29, 1.82) is 0 Å². The van der Waals surface area contributed by atoms with Gasteiger partial charge in [0.15, 0.2) is 0 Å². The zero-order chi connectivity index (χ0) is 13.0. The van der Waals surface area contributed by atoms with E-state index in [9.17, 15) is 9.90 Å². The molecule has 1 aromatic carbocycles. The van der Waals surface area contributed by atoms with Gasteiger partial charge in [-0.1, -0.05) is 30.3 Å². The van der Waals surface area contributed by atoms with Crippen molar-refractivity contribution in [3.8, 4) is 0 Å². The van der Waals surface area contributed by atoms with E-state index in [1.165, 1.54) is 12.7 Å². The maximum absolute atomic E-state index is 11.6. The van der Waals surface area contributed by atoms with Gasteiger partial charge in [-0.3, -0.25) is 4.90 Å². The average molecular weight is 264 g/mol. The number of hydrogen-bond acceptors (Lipinski definition) is 4. The summed E-state index contributed by atoms with van der Waals surface area (Å²) in [6, 6.07) is 10.0. The van der Waals surface area contributed by atoms with E-state index in [1.807, 2.05) is 30.3 Å². The number of hydrogen-bond donors (Lipinski definition) is 1. The van der Waals surface area contributed by atoms with E-state index < -0.39 is 5.97 Å². The summed E-state index contributed by atoms with van der Waals surface area (Å²) in [4.78, 5) is 13.6. The summed E-state index contributed by atoms with van der Waals surface area (Å²) in [5, 5.41) is 11.6. The second kappa shape index (κ2) is 6.92. The lowest BCUT2D eigenvalue weighted by atomic mass is 10.1. The predicted molar refractivity (Wildman–Crippen MR) is 71.4 cm³/mol. The van der Waals surface area contributed by atoms with Crippen molar-refractivity contribution >= 4 is 5.97 Å². The summed E-state index contributed by atoms with van der Waals surface area (Å²) in [7, 11) is 1.30. The van der Waals surface area contributed by atoms with Gasteiger partial charge in [-0.2, -0.15) is 0 Å². The molecule has 0 spiro atoms. The zero-order valence-electron chi connectivity index (χ0n) is 11.4. The second-order valence-corrected chi connectivity index (χ2v) is 4.34. The zero-order valence-corrected chi connectivity index (χ0v) is 11.4. The summed E-state index contributed by atoms with van der Waals surface area (Å²) >= 11 is 0. The number of nitrogens with zero attached hydrogens (tertiary/aromatic N) is 1.